The van der Waals surface area contributed by atoms with Crippen molar-refractivity contribution in [1.82, 2.24) is 5.32 Å². The molecule has 1 amide bonds. The molecule has 0 aromatic heterocycles. The molecule has 1 fully saturated rings. The molecule has 282 valence electrons. The summed E-state index contributed by atoms with van der Waals surface area (Å²) in [6.45, 7) is 3.57. The van der Waals surface area contributed by atoms with Crippen LogP contribution < -0.4 is 5.32 Å². The van der Waals surface area contributed by atoms with Gasteiger partial charge in [0, 0.05) is 6.42 Å². The van der Waals surface area contributed by atoms with E-state index in [4.69, 9.17) is 9.47 Å². The monoisotopic (exact) mass is 686 g/mol. The summed E-state index contributed by atoms with van der Waals surface area (Å²) in [5.41, 5.74) is 0. The van der Waals surface area contributed by atoms with Crippen molar-refractivity contribution < 1.29 is 44.9 Å². The second-order valence-corrected chi connectivity index (χ2v) is 13.5. The second kappa shape index (κ2) is 29.4. The third kappa shape index (κ3) is 20.3. The topological polar surface area (TPSA) is 169 Å². The van der Waals surface area contributed by atoms with Crippen LogP contribution in [0, 0.1) is 0 Å². The molecule has 0 saturated carbocycles. The first kappa shape index (κ1) is 44.7. The van der Waals surface area contributed by atoms with Crippen LogP contribution in [0.4, 0.5) is 0 Å². The lowest BCUT2D eigenvalue weighted by Crippen LogP contribution is -2.60. The molecule has 8 atom stereocenters. The average molecular weight is 686 g/mol. The maximum Gasteiger partial charge on any atom is 0.249 e. The smallest absolute Gasteiger partial charge is 0.249 e. The predicted octanol–water partition coefficient (Wildman–Crippen LogP) is 5.35. The number of aliphatic hydroxyl groups excluding tert-OH is 6. The SMILES string of the molecule is CCCCCCCC/C=C\C/C=C\CC(O)C(=O)NC(COC1OC(CO)C(O)C(O)C1O)C(O)CCCCCCCCCCCCC. The molecule has 7 N–H and O–H groups in total. The van der Waals surface area contributed by atoms with Crippen LogP contribution in [0.3, 0.4) is 0 Å². The van der Waals surface area contributed by atoms with Gasteiger partial charge in [0.25, 0.3) is 0 Å². The lowest BCUT2D eigenvalue weighted by atomic mass is 9.99. The van der Waals surface area contributed by atoms with E-state index in [1.807, 2.05) is 6.08 Å². The number of allylic oxidation sites excluding steroid dienone is 3. The van der Waals surface area contributed by atoms with Crippen LogP contribution in [-0.4, -0.2) is 98.7 Å². The van der Waals surface area contributed by atoms with E-state index in [0.717, 1.165) is 38.5 Å². The van der Waals surface area contributed by atoms with Gasteiger partial charge < -0.3 is 45.4 Å². The molecule has 1 aliphatic heterocycles. The summed E-state index contributed by atoms with van der Waals surface area (Å²) in [6, 6.07) is -0.920. The number of rotatable bonds is 30. The van der Waals surface area contributed by atoms with Gasteiger partial charge in [-0.3, -0.25) is 4.79 Å². The summed E-state index contributed by atoms with van der Waals surface area (Å²) >= 11 is 0. The molecule has 0 radical (unpaired) electrons. The van der Waals surface area contributed by atoms with Gasteiger partial charge in [-0.15, -0.1) is 0 Å². The first-order valence-electron chi connectivity index (χ1n) is 19.1. The summed E-state index contributed by atoms with van der Waals surface area (Å²) in [4.78, 5) is 12.9. The van der Waals surface area contributed by atoms with Crippen molar-refractivity contribution in [2.24, 2.45) is 0 Å². The number of hydrogen-bond acceptors (Lipinski definition) is 9. The number of unbranched alkanes of at least 4 members (excludes halogenated alkanes) is 16. The van der Waals surface area contributed by atoms with Crippen LogP contribution in [0.15, 0.2) is 24.3 Å². The van der Waals surface area contributed by atoms with Crippen molar-refractivity contribution in [3.05, 3.63) is 24.3 Å². The number of carbonyl (C=O) groups is 1. The van der Waals surface area contributed by atoms with E-state index in [9.17, 15) is 35.4 Å². The van der Waals surface area contributed by atoms with Crippen molar-refractivity contribution in [2.75, 3.05) is 13.2 Å². The zero-order valence-corrected chi connectivity index (χ0v) is 30.1. The maximum absolute atomic E-state index is 12.9. The van der Waals surface area contributed by atoms with Crippen LogP contribution in [0.25, 0.3) is 0 Å². The zero-order valence-electron chi connectivity index (χ0n) is 30.1. The lowest BCUT2D eigenvalue weighted by Gasteiger charge is -2.40. The van der Waals surface area contributed by atoms with E-state index in [1.54, 1.807) is 6.08 Å². The fraction of sp³-hybridized carbons (Fsp3) is 0.868. The van der Waals surface area contributed by atoms with E-state index in [1.165, 1.54) is 83.5 Å². The summed E-state index contributed by atoms with van der Waals surface area (Å²) in [5, 5.41) is 64.2. The number of nitrogens with one attached hydrogen (secondary N) is 1. The Morgan fingerprint density at radius 2 is 1.27 bits per heavy atom. The summed E-state index contributed by atoms with van der Waals surface area (Å²) in [7, 11) is 0. The van der Waals surface area contributed by atoms with E-state index < -0.39 is 61.5 Å². The van der Waals surface area contributed by atoms with Crippen LogP contribution in [0.1, 0.15) is 149 Å². The second-order valence-electron chi connectivity index (χ2n) is 13.5. The summed E-state index contributed by atoms with van der Waals surface area (Å²) < 4.78 is 11.1. The van der Waals surface area contributed by atoms with Crippen molar-refractivity contribution in [2.45, 2.75) is 198 Å². The highest BCUT2D eigenvalue weighted by Crippen LogP contribution is 2.23. The van der Waals surface area contributed by atoms with Gasteiger partial charge in [-0.05, 0) is 25.7 Å². The van der Waals surface area contributed by atoms with Crippen LogP contribution >= 0.6 is 0 Å². The Labute approximate surface area is 291 Å². The molecule has 1 aliphatic rings. The quantitative estimate of drug-likeness (QED) is 0.0389. The maximum atomic E-state index is 12.9. The average Bonchev–Trinajstić information content (AvgIpc) is 3.08. The van der Waals surface area contributed by atoms with Gasteiger partial charge in [-0.1, -0.05) is 141 Å². The van der Waals surface area contributed by atoms with Gasteiger partial charge >= 0.3 is 0 Å². The van der Waals surface area contributed by atoms with Gasteiger partial charge in [-0.25, -0.2) is 0 Å². The molecule has 0 aliphatic carbocycles. The van der Waals surface area contributed by atoms with Gasteiger partial charge in [0.05, 0.1) is 25.4 Å². The van der Waals surface area contributed by atoms with Gasteiger partial charge in [0.1, 0.15) is 30.5 Å². The van der Waals surface area contributed by atoms with Crippen molar-refractivity contribution >= 4 is 5.91 Å². The van der Waals surface area contributed by atoms with Crippen molar-refractivity contribution in [1.29, 1.82) is 0 Å². The molecule has 8 unspecified atom stereocenters. The molecule has 1 heterocycles. The molecule has 0 spiro atoms. The highest BCUT2D eigenvalue weighted by atomic mass is 16.7. The van der Waals surface area contributed by atoms with Crippen molar-refractivity contribution in [3.8, 4) is 0 Å². The summed E-state index contributed by atoms with van der Waals surface area (Å²) in [6.07, 6.45) is 21.1. The Bertz CT molecular complexity index is 824. The predicted molar refractivity (Wildman–Crippen MR) is 190 cm³/mol. The van der Waals surface area contributed by atoms with Crippen LogP contribution in [0.5, 0.6) is 0 Å². The number of amides is 1. The zero-order chi connectivity index (χ0) is 35.4. The van der Waals surface area contributed by atoms with E-state index in [2.05, 4.69) is 31.3 Å². The normalized spacial score (nSPS) is 23.5. The van der Waals surface area contributed by atoms with Gasteiger partial charge in [-0.2, -0.15) is 0 Å². The van der Waals surface area contributed by atoms with E-state index in [0.29, 0.717) is 6.42 Å². The highest BCUT2D eigenvalue weighted by Gasteiger charge is 2.44. The first-order chi connectivity index (χ1) is 23.3. The minimum Gasteiger partial charge on any atom is -0.394 e. The molecule has 0 aromatic rings. The molecule has 10 heteroatoms. The molecule has 48 heavy (non-hydrogen) atoms. The Morgan fingerprint density at radius 1 is 0.729 bits per heavy atom. The number of ether oxygens (including phenoxy) is 2. The number of hydrogen-bond donors (Lipinski definition) is 7. The number of carbonyl (C=O) groups excluding carboxylic acids is 1. The van der Waals surface area contributed by atoms with Crippen LogP contribution in [0.2, 0.25) is 0 Å². The third-order valence-corrected chi connectivity index (χ3v) is 9.18. The third-order valence-electron chi connectivity index (χ3n) is 9.18. The molecule has 0 bridgehead atoms. The lowest BCUT2D eigenvalue weighted by molar-refractivity contribution is -0.302. The first-order valence-corrected chi connectivity index (χ1v) is 19.1. The van der Waals surface area contributed by atoms with Gasteiger partial charge in [0.15, 0.2) is 6.29 Å². The molecule has 1 rings (SSSR count). The molecule has 1 saturated heterocycles. The molecular weight excluding hydrogens is 614 g/mol. The van der Waals surface area contributed by atoms with Gasteiger partial charge in [0.2, 0.25) is 5.91 Å². The Balaban J connectivity index is 2.56. The number of aliphatic hydroxyl groups is 6. The standard InChI is InChI=1S/C38H71NO9/c1-3-5-7-9-11-13-15-17-19-21-23-25-27-32(42)37(46)39-30(29-47-38-36(45)35(44)34(43)33(28-40)48-38)31(41)26-24-22-20-18-16-14-12-10-8-6-4-2/h17,19,23,25,30-36,38,40-45H,3-16,18,20-22,24,26-29H2,1-2H3,(H,39,46)/b19-17-,25-23-. The Kier molecular flexibility index (Phi) is 27.3. The Morgan fingerprint density at radius 3 is 1.85 bits per heavy atom. The van der Waals surface area contributed by atoms with Crippen molar-refractivity contribution in [3.63, 3.8) is 0 Å². The molecule has 10 nitrogen and oxygen atoms in total. The fourth-order valence-electron chi connectivity index (χ4n) is 5.91. The Hall–Kier alpha value is -1.37. The minimum atomic E-state index is -1.60. The molecular formula is C38H71NO9. The highest BCUT2D eigenvalue weighted by molar-refractivity contribution is 5.81. The largest absolute Gasteiger partial charge is 0.394 e. The van der Waals surface area contributed by atoms with Crippen LogP contribution in [-0.2, 0) is 14.3 Å². The van der Waals surface area contributed by atoms with E-state index >= 15 is 0 Å². The fourth-order valence-corrected chi connectivity index (χ4v) is 5.91. The molecule has 0 aromatic carbocycles. The summed E-state index contributed by atoms with van der Waals surface area (Å²) in [5.74, 6) is -0.654. The minimum absolute atomic E-state index is 0.117. The van der Waals surface area contributed by atoms with E-state index in [-0.39, 0.29) is 13.0 Å².